The standard InChI is InChI=1S/C28H34N2O4/c1-4-29(5-2)18-11-19-30-26(22-14-10-15-23(20-22)34-6-3)25(27(32)28(30)33)24(31)17-16-21-12-8-7-9-13-21/h7-10,12-17,20,26,32H,4-6,11,18-19H2,1-3H3. The van der Waals surface area contributed by atoms with Gasteiger partial charge in [0.25, 0.3) is 5.91 Å². The van der Waals surface area contributed by atoms with Crippen LogP contribution in [-0.2, 0) is 9.59 Å². The maximum absolute atomic E-state index is 13.3. The number of allylic oxidation sites excluding steroid dienone is 1. The fourth-order valence-corrected chi connectivity index (χ4v) is 4.25. The molecule has 0 bridgehead atoms. The van der Waals surface area contributed by atoms with E-state index in [9.17, 15) is 14.7 Å². The molecule has 180 valence electrons. The number of carbonyl (C=O) groups is 2. The highest BCUT2D eigenvalue weighted by Gasteiger charge is 2.42. The van der Waals surface area contributed by atoms with Crippen LogP contribution in [0.5, 0.6) is 5.75 Å². The molecule has 2 aromatic carbocycles. The molecule has 0 saturated heterocycles. The largest absolute Gasteiger partial charge is 0.503 e. The molecule has 0 fully saturated rings. The minimum atomic E-state index is -0.669. The van der Waals surface area contributed by atoms with Gasteiger partial charge in [-0.05, 0) is 62.3 Å². The van der Waals surface area contributed by atoms with Gasteiger partial charge in [0.1, 0.15) is 5.75 Å². The van der Waals surface area contributed by atoms with Gasteiger partial charge in [0.15, 0.2) is 11.5 Å². The average Bonchev–Trinajstić information content (AvgIpc) is 3.11. The van der Waals surface area contributed by atoms with E-state index in [1.54, 1.807) is 11.0 Å². The van der Waals surface area contributed by atoms with Crippen molar-refractivity contribution in [1.82, 2.24) is 9.80 Å². The number of carbonyl (C=O) groups excluding carboxylic acids is 2. The second-order valence-corrected chi connectivity index (χ2v) is 8.16. The zero-order valence-electron chi connectivity index (χ0n) is 20.2. The van der Waals surface area contributed by atoms with Gasteiger partial charge in [-0.1, -0.05) is 62.4 Å². The molecule has 6 nitrogen and oxygen atoms in total. The highest BCUT2D eigenvalue weighted by Crippen LogP contribution is 2.39. The normalized spacial score (nSPS) is 16.2. The zero-order valence-corrected chi connectivity index (χ0v) is 20.2. The molecule has 1 N–H and O–H groups in total. The Bertz CT molecular complexity index is 1040. The Morgan fingerprint density at radius 2 is 1.82 bits per heavy atom. The maximum Gasteiger partial charge on any atom is 0.290 e. The molecule has 3 rings (SSSR count). The number of hydrogen-bond donors (Lipinski definition) is 1. The lowest BCUT2D eigenvalue weighted by molar-refractivity contribution is -0.129. The molecule has 0 aliphatic carbocycles. The lowest BCUT2D eigenvalue weighted by Crippen LogP contribution is -2.34. The summed E-state index contributed by atoms with van der Waals surface area (Å²) in [6.45, 7) is 9.76. The average molecular weight is 463 g/mol. The van der Waals surface area contributed by atoms with Crippen LogP contribution in [0.25, 0.3) is 6.08 Å². The van der Waals surface area contributed by atoms with Crippen LogP contribution in [0.3, 0.4) is 0 Å². The first-order chi connectivity index (χ1) is 16.5. The molecule has 6 heteroatoms. The molecule has 1 unspecified atom stereocenters. The molecule has 1 heterocycles. The first-order valence-corrected chi connectivity index (χ1v) is 12.0. The van der Waals surface area contributed by atoms with Gasteiger partial charge in [-0.15, -0.1) is 0 Å². The lowest BCUT2D eigenvalue weighted by atomic mass is 9.95. The van der Waals surface area contributed by atoms with Gasteiger partial charge < -0.3 is 19.6 Å². The number of ketones is 1. The summed E-state index contributed by atoms with van der Waals surface area (Å²) in [7, 11) is 0. The van der Waals surface area contributed by atoms with Crippen molar-refractivity contribution in [3.05, 3.63) is 83.1 Å². The number of ether oxygens (including phenoxy) is 1. The molecule has 1 aliphatic rings. The molecule has 1 aliphatic heterocycles. The number of hydrogen-bond acceptors (Lipinski definition) is 5. The molecule has 1 amide bonds. The van der Waals surface area contributed by atoms with Crippen molar-refractivity contribution in [2.24, 2.45) is 0 Å². The molecule has 1 atom stereocenters. The van der Waals surface area contributed by atoms with E-state index in [4.69, 9.17) is 4.74 Å². The number of rotatable bonds is 12. The topological polar surface area (TPSA) is 70.1 Å². The van der Waals surface area contributed by atoms with Crippen LogP contribution in [0.4, 0.5) is 0 Å². The van der Waals surface area contributed by atoms with Crippen LogP contribution < -0.4 is 4.74 Å². The van der Waals surface area contributed by atoms with Gasteiger partial charge in [0, 0.05) is 6.54 Å². The third-order valence-electron chi connectivity index (χ3n) is 6.05. The summed E-state index contributed by atoms with van der Waals surface area (Å²) in [5, 5.41) is 10.8. The van der Waals surface area contributed by atoms with E-state index in [-0.39, 0.29) is 11.4 Å². The minimum absolute atomic E-state index is 0.105. The lowest BCUT2D eigenvalue weighted by Gasteiger charge is -2.28. The van der Waals surface area contributed by atoms with E-state index < -0.39 is 17.7 Å². The number of benzene rings is 2. The van der Waals surface area contributed by atoms with Crippen molar-refractivity contribution in [1.29, 1.82) is 0 Å². The van der Waals surface area contributed by atoms with E-state index in [2.05, 4.69) is 18.7 Å². The Hall–Kier alpha value is -3.38. The number of aliphatic hydroxyl groups is 1. The van der Waals surface area contributed by atoms with Crippen molar-refractivity contribution in [2.45, 2.75) is 33.2 Å². The first-order valence-electron chi connectivity index (χ1n) is 12.0. The maximum atomic E-state index is 13.3. The summed E-state index contributed by atoms with van der Waals surface area (Å²) in [6, 6.07) is 16.2. The summed E-state index contributed by atoms with van der Waals surface area (Å²) in [6.07, 6.45) is 3.86. The van der Waals surface area contributed by atoms with E-state index in [1.807, 2.05) is 61.5 Å². The number of amides is 1. The monoisotopic (exact) mass is 462 g/mol. The van der Waals surface area contributed by atoms with Crippen LogP contribution in [0.15, 0.2) is 72.0 Å². The Kier molecular flexibility index (Phi) is 9.05. The second-order valence-electron chi connectivity index (χ2n) is 8.16. The van der Waals surface area contributed by atoms with E-state index >= 15 is 0 Å². The van der Waals surface area contributed by atoms with Gasteiger partial charge in [0.05, 0.1) is 18.2 Å². The molecule has 0 saturated carbocycles. The van der Waals surface area contributed by atoms with Crippen molar-refractivity contribution >= 4 is 17.8 Å². The first kappa shape index (κ1) is 25.2. The van der Waals surface area contributed by atoms with Crippen molar-refractivity contribution < 1.29 is 19.4 Å². The molecular weight excluding hydrogens is 428 g/mol. The predicted molar refractivity (Wildman–Crippen MR) is 135 cm³/mol. The van der Waals surface area contributed by atoms with Crippen LogP contribution >= 0.6 is 0 Å². The quantitative estimate of drug-likeness (QED) is 0.459. The van der Waals surface area contributed by atoms with Crippen molar-refractivity contribution in [3.63, 3.8) is 0 Å². The Morgan fingerprint density at radius 1 is 1.09 bits per heavy atom. The Morgan fingerprint density at radius 3 is 2.50 bits per heavy atom. The van der Waals surface area contributed by atoms with Gasteiger partial charge in [-0.2, -0.15) is 0 Å². The highest BCUT2D eigenvalue weighted by atomic mass is 16.5. The minimum Gasteiger partial charge on any atom is -0.503 e. The van der Waals surface area contributed by atoms with Gasteiger partial charge in [-0.3, -0.25) is 9.59 Å². The predicted octanol–water partition coefficient (Wildman–Crippen LogP) is 4.80. The van der Waals surface area contributed by atoms with Crippen LogP contribution in [0.2, 0.25) is 0 Å². The van der Waals surface area contributed by atoms with E-state index in [1.165, 1.54) is 6.08 Å². The third-order valence-corrected chi connectivity index (χ3v) is 6.05. The van der Waals surface area contributed by atoms with Gasteiger partial charge >= 0.3 is 0 Å². The molecule has 0 spiro atoms. The molecule has 34 heavy (non-hydrogen) atoms. The van der Waals surface area contributed by atoms with Crippen LogP contribution in [0, 0.1) is 0 Å². The highest BCUT2D eigenvalue weighted by molar-refractivity contribution is 6.14. The summed E-state index contributed by atoms with van der Waals surface area (Å²) >= 11 is 0. The number of aliphatic hydroxyl groups excluding tert-OH is 1. The summed E-state index contributed by atoms with van der Waals surface area (Å²) < 4.78 is 5.65. The van der Waals surface area contributed by atoms with Crippen molar-refractivity contribution in [2.75, 3.05) is 32.8 Å². The molecule has 0 radical (unpaired) electrons. The molecule has 2 aromatic rings. The van der Waals surface area contributed by atoms with Crippen molar-refractivity contribution in [3.8, 4) is 5.75 Å². The Balaban J connectivity index is 1.93. The van der Waals surface area contributed by atoms with E-state index in [0.717, 1.165) is 37.2 Å². The third kappa shape index (κ3) is 5.94. The van der Waals surface area contributed by atoms with E-state index in [0.29, 0.717) is 18.9 Å². The fraction of sp³-hybridized carbons (Fsp3) is 0.357. The summed E-state index contributed by atoms with van der Waals surface area (Å²) in [5.41, 5.74) is 1.71. The summed E-state index contributed by atoms with van der Waals surface area (Å²) in [5.74, 6) is -0.707. The SMILES string of the molecule is CCOc1cccc(C2C(C(=O)C=Cc3ccccc3)=C(O)C(=O)N2CCCN(CC)CC)c1. The number of nitrogens with zero attached hydrogens (tertiary/aromatic N) is 2. The fourth-order valence-electron chi connectivity index (χ4n) is 4.25. The van der Waals surface area contributed by atoms with Gasteiger partial charge in [0.2, 0.25) is 0 Å². The zero-order chi connectivity index (χ0) is 24.5. The Labute approximate surface area is 202 Å². The smallest absolute Gasteiger partial charge is 0.290 e. The van der Waals surface area contributed by atoms with Crippen LogP contribution in [-0.4, -0.2) is 59.4 Å². The van der Waals surface area contributed by atoms with Gasteiger partial charge in [-0.25, -0.2) is 0 Å². The molecular formula is C28H34N2O4. The summed E-state index contributed by atoms with van der Waals surface area (Å²) in [4.78, 5) is 30.3. The van der Waals surface area contributed by atoms with Crippen LogP contribution in [0.1, 0.15) is 44.4 Å². The molecule has 0 aromatic heterocycles. The second kappa shape index (κ2) is 12.2.